The predicted molar refractivity (Wildman–Crippen MR) is 38.5 cm³/mol. The molecule has 1 aliphatic rings. The Morgan fingerprint density at radius 1 is 1.50 bits per heavy atom. The van der Waals surface area contributed by atoms with Crippen LogP contribution < -0.4 is 10.6 Å². The van der Waals surface area contributed by atoms with Gasteiger partial charge >= 0.3 is 6.03 Å². The van der Waals surface area contributed by atoms with Gasteiger partial charge in [0.05, 0.1) is 0 Å². The summed E-state index contributed by atoms with van der Waals surface area (Å²) in [5.41, 5.74) is 0. The maximum Gasteiger partial charge on any atom is 0.322 e. The van der Waals surface area contributed by atoms with E-state index >= 15 is 0 Å². The number of rotatable bonds is 1. The zero-order chi connectivity index (χ0) is 7.56. The molecule has 0 spiro atoms. The normalized spacial score (nSPS) is 25.1. The summed E-state index contributed by atoms with van der Waals surface area (Å²) in [7, 11) is 0. The number of halogens is 1. The Morgan fingerprint density at radius 3 is 2.60 bits per heavy atom. The highest BCUT2D eigenvalue weighted by atomic mass is 79.9. The summed E-state index contributed by atoms with van der Waals surface area (Å²) < 4.78 is 0. The number of imide groups is 1. The second-order valence-corrected chi connectivity index (χ2v) is 2.29. The molecule has 1 heterocycles. The molecule has 54 valence electrons. The van der Waals surface area contributed by atoms with E-state index in [0.29, 0.717) is 0 Å². The van der Waals surface area contributed by atoms with Crippen molar-refractivity contribution in [1.29, 1.82) is 0 Å². The fourth-order valence-electron chi connectivity index (χ4n) is 0.641. The van der Waals surface area contributed by atoms with Gasteiger partial charge in [-0.15, -0.1) is 0 Å². The van der Waals surface area contributed by atoms with E-state index in [4.69, 9.17) is 0 Å². The van der Waals surface area contributed by atoms with Crippen molar-refractivity contribution in [3.05, 3.63) is 11.1 Å². The molecule has 1 saturated heterocycles. The summed E-state index contributed by atoms with van der Waals surface area (Å²) >= 11 is 2.99. The minimum absolute atomic E-state index is 0.319. The highest BCUT2D eigenvalue weighted by Crippen LogP contribution is 1.96. The van der Waals surface area contributed by atoms with Crippen LogP contribution in [0.5, 0.6) is 0 Å². The summed E-state index contributed by atoms with van der Waals surface area (Å²) in [6.45, 7) is 0. The standard InChI is InChI=1S/C5H5BrN2O2/c6-2-1-3-4(9)8-5(10)7-3/h1-3H,(H2,7,8,9,10). The van der Waals surface area contributed by atoms with Gasteiger partial charge in [-0.3, -0.25) is 10.1 Å². The van der Waals surface area contributed by atoms with Crippen LogP contribution in [0.1, 0.15) is 0 Å². The second kappa shape index (κ2) is 2.83. The predicted octanol–water partition coefficient (Wildman–Crippen LogP) is 0.103. The van der Waals surface area contributed by atoms with E-state index in [1.54, 1.807) is 6.08 Å². The molecule has 0 aromatic rings. The molecule has 0 aromatic heterocycles. The number of hydrogen-bond acceptors (Lipinski definition) is 2. The molecule has 0 saturated carbocycles. The minimum atomic E-state index is -0.521. The van der Waals surface area contributed by atoms with Gasteiger partial charge in [0.25, 0.3) is 5.91 Å². The summed E-state index contributed by atoms with van der Waals surface area (Å²) in [4.78, 5) is 22.7. The molecule has 5 heteroatoms. The van der Waals surface area contributed by atoms with Gasteiger partial charge in [-0.2, -0.15) is 0 Å². The van der Waals surface area contributed by atoms with E-state index in [0.717, 1.165) is 0 Å². The summed E-state index contributed by atoms with van der Waals surface area (Å²) in [6, 6.07) is -0.965. The van der Waals surface area contributed by atoms with Gasteiger partial charge in [-0.05, 0) is 11.1 Å². The molecule has 0 radical (unpaired) electrons. The average Bonchev–Trinajstić information content (AvgIpc) is 2.13. The SMILES string of the molecule is O=C1NC(=O)C(C=CBr)N1. The molecule has 1 atom stereocenters. The number of amides is 3. The lowest BCUT2D eigenvalue weighted by atomic mass is 10.3. The van der Waals surface area contributed by atoms with Gasteiger partial charge in [0.2, 0.25) is 0 Å². The lowest BCUT2D eigenvalue weighted by molar-refractivity contribution is -0.119. The molecule has 3 amide bonds. The van der Waals surface area contributed by atoms with Crippen molar-refractivity contribution in [2.24, 2.45) is 0 Å². The summed E-state index contributed by atoms with van der Waals surface area (Å²) in [6.07, 6.45) is 1.54. The third kappa shape index (κ3) is 1.36. The van der Waals surface area contributed by atoms with Crippen LogP contribution in [-0.4, -0.2) is 18.0 Å². The van der Waals surface area contributed by atoms with Gasteiger partial charge in [-0.1, -0.05) is 15.9 Å². The molecule has 0 aromatic carbocycles. The molecule has 2 N–H and O–H groups in total. The molecular formula is C5H5BrN2O2. The average molecular weight is 205 g/mol. The van der Waals surface area contributed by atoms with Gasteiger partial charge < -0.3 is 5.32 Å². The van der Waals surface area contributed by atoms with Crippen LogP contribution in [0.15, 0.2) is 11.1 Å². The molecule has 1 unspecified atom stereocenters. The summed E-state index contributed by atoms with van der Waals surface area (Å²) in [5, 5.41) is 4.48. The smallest absolute Gasteiger partial charge is 0.322 e. The van der Waals surface area contributed by atoms with Gasteiger partial charge in [-0.25, -0.2) is 4.79 Å². The zero-order valence-corrected chi connectivity index (χ0v) is 6.51. The van der Waals surface area contributed by atoms with Crippen LogP contribution >= 0.6 is 15.9 Å². The second-order valence-electron chi connectivity index (χ2n) is 1.76. The largest absolute Gasteiger partial charge is 0.322 e. The molecule has 1 rings (SSSR count). The van der Waals surface area contributed by atoms with Crippen LogP contribution in [0.2, 0.25) is 0 Å². The van der Waals surface area contributed by atoms with Crippen LogP contribution in [0.3, 0.4) is 0 Å². The van der Waals surface area contributed by atoms with E-state index < -0.39 is 12.1 Å². The van der Waals surface area contributed by atoms with Crippen LogP contribution in [-0.2, 0) is 4.79 Å². The Morgan fingerprint density at radius 2 is 2.20 bits per heavy atom. The Kier molecular flexibility index (Phi) is 2.06. The van der Waals surface area contributed by atoms with Gasteiger partial charge in [0.1, 0.15) is 6.04 Å². The minimum Gasteiger partial charge on any atom is -0.322 e. The first-order valence-corrected chi connectivity index (χ1v) is 3.54. The first-order valence-electron chi connectivity index (χ1n) is 2.62. The van der Waals surface area contributed by atoms with Crippen molar-refractivity contribution in [3.63, 3.8) is 0 Å². The van der Waals surface area contributed by atoms with Crippen LogP contribution in [0.25, 0.3) is 0 Å². The molecule has 4 nitrogen and oxygen atoms in total. The third-order valence-electron chi connectivity index (χ3n) is 1.07. The van der Waals surface area contributed by atoms with Gasteiger partial charge in [0, 0.05) is 0 Å². The quantitative estimate of drug-likeness (QED) is 0.596. The maximum atomic E-state index is 10.7. The van der Waals surface area contributed by atoms with E-state index in [9.17, 15) is 9.59 Å². The first-order chi connectivity index (χ1) is 4.74. The Labute approximate surface area is 65.8 Å². The number of carbonyl (C=O) groups excluding carboxylic acids is 2. The molecule has 0 aliphatic carbocycles. The fourth-order valence-corrected chi connectivity index (χ4v) is 0.946. The molecule has 1 aliphatic heterocycles. The highest BCUT2D eigenvalue weighted by Gasteiger charge is 2.26. The Balaban J connectivity index is 2.63. The Hall–Kier alpha value is -0.840. The lowest BCUT2D eigenvalue weighted by Gasteiger charge is -1.95. The third-order valence-corrected chi connectivity index (χ3v) is 1.38. The van der Waals surface area contributed by atoms with E-state index in [2.05, 4.69) is 26.6 Å². The highest BCUT2D eigenvalue weighted by molar-refractivity contribution is 9.11. The van der Waals surface area contributed by atoms with Crippen LogP contribution in [0.4, 0.5) is 4.79 Å². The van der Waals surface area contributed by atoms with Crippen LogP contribution in [0, 0.1) is 0 Å². The van der Waals surface area contributed by atoms with E-state index in [1.807, 2.05) is 0 Å². The Bertz CT molecular complexity index is 202. The maximum absolute atomic E-state index is 10.7. The first kappa shape index (κ1) is 7.27. The van der Waals surface area contributed by atoms with Crippen molar-refractivity contribution in [2.75, 3.05) is 0 Å². The van der Waals surface area contributed by atoms with Crippen molar-refractivity contribution >= 4 is 27.9 Å². The number of urea groups is 1. The number of nitrogens with one attached hydrogen (secondary N) is 2. The topological polar surface area (TPSA) is 58.2 Å². The summed E-state index contributed by atoms with van der Waals surface area (Å²) in [5.74, 6) is -0.319. The monoisotopic (exact) mass is 204 g/mol. The molecule has 1 fully saturated rings. The van der Waals surface area contributed by atoms with Crippen molar-refractivity contribution < 1.29 is 9.59 Å². The fraction of sp³-hybridized carbons (Fsp3) is 0.200. The lowest BCUT2D eigenvalue weighted by Crippen LogP contribution is -2.25. The van der Waals surface area contributed by atoms with E-state index in [-0.39, 0.29) is 5.91 Å². The number of hydrogen-bond donors (Lipinski definition) is 2. The molecule has 10 heavy (non-hydrogen) atoms. The van der Waals surface area contributed by atoms with Gasteiger partial charge in [0.15, 0.2) is 0 Å². The van der Waals surface area contributed by atoms with Crippen molar-refractivity contribution in [3.8, 4) is 0 Å². The number of carbonyl (C=O) groups is 2. The van der Waals surface area contributed by atoms with Crippen molar-refractivity contribution in [1.82, 2.24) is 10.6 Å². The zero-order valence-electron chi connectivity index (χ0n) is 4.93. The van der Waals surface area contributed by atoms with Crippen molar-refractivity contribution in [2.45, 2.75) is 6.04 Å². The molecular weight excluding hydrogens is 200 g/mol. The molecule has 0 bridgehead atoms. The van der Waals surface area contributed by atoms with E-state index in [1.165, 1.54) is 4.99 Å².